The van der Waals surface area contributed by atoms with Gasteiger partial charge in [0.05, 0.1) is 0 Å². The summed E-state index contributed by atoms with van der Waals surface area (Å²) in [4.78, 5) is 23.7. The summed E-state index contributed by atoms with van der Waals surface area (Å²) in [5, 5.41) is 3.23. The van der Waals surface area contributed by atoms with E-state index in [-0.39, 0.29) is 5.91 Å². The van der Waals surface area contributed by atoms with Gasteiger partial charge in [-0.25, -0.2) is 9.97 Å². The highest BCUT2D eigenvalue weighted by Gasteiger charge is 2.19. The molecule has 1 aromatic heterocycles. The largest absolute Gasteiger partial charge is 0.324 e. The summed E-state index contributed by atoms with van der Waals surface area (Å²) >= 11 is 0. The van der Waals surface area contributed by atoms with Gasteiger partial charge in [0.15, 0.2) is 0 Å². The molecule has 1 amide bonds. The highest BCUT2D eigenvalue weighted by Crippen LogP contribution is 2.20. The molecule has 0 aliphatic rings. The smallest absolute Gasteiger partial charge is 0.277 e. The van der Waals surface area contributed by atoms with Gasteiger partial charge in [-0.1, -0.05) is 24.3 Å². The van der Waals surface area contributed by atoms with Crippen LogP contribution in [-0.2, 0) is 0 Å². The van der Waals surface area contributed by atoms with Crippen molar-refractivity contribution in [3.63, 3.8) is 0 Å². The molecule has 5 heteroatoms. The second kappa shape index (κ2) is 7.99. The van der Waals surface area contributed by atoms with Gasteiger partial charge in [0.1, 0.15) is 5.69 Å². The molecule has 0 aliphatic heterocycles. The number of hydrogen-bond donors (Lipinski definition) is 1. The third kappa shape index (κ3) is 4.50. The highest BCUT2D eigenvalue weighted by atomic mass is 16.2. The molecule has 0 aliphatic carbocycles. The lowest BCUT2D eigenvalue weighted by Gasteiger charge is -2.21. The molecule has 0 saturated heterocycles. The summed E-state index contributed by atoms with van der Waals surface area (Å²) in [5.74, 6) is 0.283. The quantitative estimate of drug-likeness (QED) is 0.709. The lowest BCUT2D eigenvalue weighted by atomic mass is 10.1. The zero-order chi connectivity index (χ0) is 19.4. The number of aromatic nitrogens is 2. The van der Waals surface area contributed by atoms with Gasteiger partial charge >= 0.3 is 0 Å². The van der Waals surface area contributed by atoms with Crippen LogP contribution in [0.2, 0.25) is 0 Å². The monoisotopic (exact) mass is 360 g/mol. The van der Waals surface area contributed by atoms with E-state index >= 15 is 0 Å². The zero-order valence-corrected chi connectivity index (χ0v) is 16.2. The first-order valence-corrected chi connectivity index (χ1v) is 9.04. The number of carbonyl (C=O) groups excluding carboxylic acids is 1. The lowest BCUT2D eigenvalue weighted by Crippen LogP contribution is -2.31. The molecule has 138 valence electrons. The van der Waals surface area contributed by atoms with Gasteiger partial charge in [-0.3, -0.25) is 4.79 Å². The van der Waals surface area contributed by atoms with Crippen molar-refractivity contribution < 1.29 is 4.79 Å². The number of para-hydroxylation sites is 1. The van der Waals surface area contributed by atoms with E-state index in [2.05, 4.69) is 21.4 Å². The Morgan fingerprint density at radius 3 is 2.26 bits per heavy atom. The minimum Gasteiger partial charge on any atom is -0.324 e. The average molecular weight is 360 g/mol. The van der Waals surface area contributed by atoms with E-state index in [1.165, 1.54) is 0 Å². The molecule has 0 fully saturated rings. The first kappa shape index (κ1) is 18.6. The van der Waals surface area contributed by atoms with Crippen molar-refractivity contribution in [1.82, 2.24) is 9.97 Å². The summed E-state index contributed by atoms with van der Waals surface area (Å²) in [6, 6.07) is 17.5. The number of benzene rings is 2. The first-order valence-electron chi connectivity index (χ1n) is 9.04. The van der Waals surface area contributed by atoms with E-state index in [9.17, 15) is 4.79 Å². The Kier molecular flexibility index (Phi) is 5.50. The van der Waals surface area contributed by atoms with E-state index in [0.29, 0.717) is 18.2 Å². The molecule has 0 bridgehead atoms. The summed E-state index contributed by atoms with van der Waals surface area (Å²) in [7, 11) is 0. The van der Waals surface area contributed by atoms with E-state index in [4.69, 9.17) is 0 Å². The van der Waals surface area contributed by atoms with Crippen LogP contribution in [-0.4, -0.2) is 22.4 Å². The molecule has 27 heavy (non-hydrogen) atoms. The van der Waals surface area contributed by atoms with Crippen LogP contribution in [0.4, 0.5) is 17.3 Å². The van der Waals surface area contributed by atoms with Gasteiger partial charge in [-0.2, -0.15) is 0 Å². The van der Waals surface area contributed by atoms with Gasteiger partial charge < -0.3 is 10.2 Å². The van der Waals surface area contributed by atoms with Gasteiger partial charge in [-0.05, 0) is 69.2 Å². The number of amides is 1. The minimum absolute atomic E-state index is 0.141. The molecule has 5 nitrogen and oxygen atoms in total. The fourth-order valence-corrected chi connectivity index (χ4v) is 3.10. The van der Waals surface area contributed by atoms with E-state index in [1.54, 1.807) is 11.0 Å². The Bertz CT molecular complexity index is 934. The van der Waals surface area contributed by atoms with Crippen LogP contribution < -0.4 is 10.2 Å². The maximum atomic E-state index is 13.0. The molecular formula is C22H24N4O. The predicted octanol–water partition coefficient (Wildman–Crippen LogP) is 4.81. The van der Waals surface area contributed by atoms with Gasteiger partial charge in [0, 0.05) is 23.6 Å². The fourth-order valence-electron chi connectivity index (χ4n) is 3.10. The summed E-state index contributed by atoms with van der Waals surface area (Å²) in [5.41, 5.74) is 5.19. The molecule has 0 saturated carbocycles. The summed E-state index contributed by atoms with van der Waals surface area (Å²) in [6.07, 6.45) is 0. The Hall–Kier alpha value is -3.21. The second-order valence-electron chi connectivity index (χ2n) is 6.60. The topological polar surface area (TPSA) is 58.1 Å². The molecule has 0 unspecified atom stereocenters. The number of rotatable bonds is 5. The number of hydrogen-bond acceptors (Lipinski definition) is 4. The Morgan fingerprint density at radius 1 is 0.963 bits per heavy atom. The van der Waals surface area contributed by atoms with Gasteiger partial charge in [0.25, 0.3) is 5.91 Å². The zero-order valence-electron chi connectivity index (χ0n) is 16.2. The van der Waals surface area contributed by atoms with Crippen molar-refractivity contribution in [2.75, 3.05) is 16.8 Å². The van der Waals surface area contributed by atoms with Crippen molar-refractivity contribution in [2.45, 2.75) is 27.7 Å². The lowest BCUT2D eigenvalue weighted by molar-refractivity contribution is 0.0983. The molecule has 3 rings (SSSR count). The van der Waals surface area contributed by atoms with Crippen LogP contribution in [0.15, 0.2) is 54.6 Å². The summed E-state index contributed by atoms with van der Waals surface area (Å²) < 4.78 is 0. The van der Waals surface area contributed by atoms with Crippen LogP contribution >= 0.6 is 0 Å². The van der Waals surface area contributed by atoms with Crippen LogP contribution in [0.3, 0.4) is 0 Å². The van der Waals surface area contributed by atoms with Crippen molar-refractivity contribution in [1.29, 1.82) is 0 Å². The molecule has 0 atom stereocenters. The fraction of sp³-hybridized carbons (Fsp3) is 0.227. The first-order chi connectivity index (χ1) is 13.0. The van der Waals surface area contributed by atoms with Crippen molar-refractivity contribution in [3.8, 4) is 0 Å². The van der Waals surface area contributed by atoms with Crippen LogP contribution in [0.5, 0.6) is 0 Å². The third-order valence-corrected chi connectivity index (χ3v) is 4.18. The second-order valence-corrected chi connectivity index (χ2v) is 6.60. The molecule has 1 N–H and O–H groups in total. The highest BCUT2D eigenvalue weighted by molar-refractivity contribution is 6.05. The standard InChI is InChI=1S/C22H24N4O/c1-5-26(19-9-7-6-8-10-19)21(27)20-14-17(4)23-22(25-20)24-18-12-15(2)11-16(3)13-18/h6-14H,5H2,1-4H3,(H,23,24,25). The van der Waals surface area contributed by atoms with Crippen molar-refractivity contribution in [2.24, 2.45) is 0 Å². The van der Waals surface area contributed by atoms with Crippen LogP contribution in [0.25, 0.3) is 0 Å². The number of anilines is 3. The normalized spacial score (nSPS) is 10.5. The third-order valence-electron chi connectivity index (χ3n) is 4.18. The molecular weight excluding hydrogens is 336 g/mol. The number of carbonyl (C=O) groups is 1. The Labute approximate surface area is 160 Å². The number of nitrogens with zero attached hydrogens (tertiary/aromatic N) is 3. The average Bonchev–Trinajstić information content (AvgIpc) is 2.61. The molecule has 1 heterocycles. The maximum Gasteiger partial charge on any atom is 0.277 e. The molecule has 0 spiro atoms. The number of aryl methyl sites for hydroxylation is 3. The predicted molar refractivity (Wildman–Crippen MR) is 110 cm³/mol. The van der Waals surface area contributed by atoms with Crippen molar-refractivity contribution in [3.05, 3.63) is 77.1 Å². The molecule has 3 aromatic rings. The Morgan fingerprint density at radius 2 is 1.63 bits per heavy atom. The van der Waals surface area contributed by atoms with E-state index in [0.717, 1.165) is 28.2 Å². The maximum absolute atomic E-state index is 13.0. The minimum atomic E-state index is -0.141. The van der Waals surface area contributed by atoms with Crippen LogP contribution in [0.1, 0.15) is 34.2 Å². The van der Waals surface area contributed by atoms with Crippen molar-refractivity contribution >= 4 is 23.2 Å². The SMILES string of the molecule is CCN(C(=O)c1cc(C)nc(Nc2cc(C)cc(C)c2)n1)c1ccccc1. The van der Waals surface area contributed by atoms with Crippen LogP contribution in [0, 0.1) is 20.8 Å². The van der Waals surface area contributed by atoms with Gasteiger partial charge in [-0.15, -0.1) is 0 Å². The molecule has 0 radical (unpaired) electrons. The Balaban J connectivity index is 1.91. The summed E-state index contributed by atoms with van der Waals surface area (Å²) in [6.45, 7) is 8.47. The number of nitrogens with one attached hydrogen (secondary N) is 1. The van der Waals surface area contributed by atoms with Gasteiger partial charge in [0.2, 0.25) is 5.95 Å². The van der Waals surface area contributed by atoms with E-state index in [1.807, 2.05) is 70.2 Å². The molecule has 2 aromatic carbocycles. The van der Waals surface area contributed by atoms with E-state index < -0.39 is 0 Å².